The van der Waals surface area contributed by atoms with Gasteiger partial charge >= 0.3 is 0 Å². The zero-order valence-corrected chi connectivity index (χ0v) is 32.3. The van der Waals surface area contributed by atoms with Crippen LogP contribution in [0.5, 0.6) is 0 Å². The maximum atomic E-state index is 3.85. The number of hydrogen-bond acceptors (Lipinski definition) is 3. The van der Waals surface area contributed by atoms with Crippen LogP contribution in [0.2, 0.25) is 0 Å². The number of fused-ring (bicyclic) bond motifs is 5. The molecule has 1 aliphatic rings. The first-order valence-corrected chi connectivity index (χ1v) is 20.1. The highest BCUT2D eigenvalue weighted by Crippen LogP contribution is 2.44. The fourth-order valence-electron chi connectivity index (χ4n) is 8.76. The van der Waals surface area contributed by atoms with Crippen LogP contribution in [0.15, 0.2) is 224 Å². The summed E-state index contributed by atoms with van der Waals surface area (Å²) in [6, 6.07) is 80.2. The van der Waals surface area contributed by atoms with Crippen LogP contribution in [-0.4, -0.2) is 11.8 Å². The second-order valence-electron chi connectivity index (χ2n) is 14.9. The van der Waals surface area contributed by atoms with Gasteiger partial charge in [-0.2, -0.15) is 0 Å². The predicted molar refractivity (Wildman–Crippen MR) is 250 cm³/mol. The molecule has 0 saturated heterocycles. The minimum Gasteiger partial charge on any atom is -0.355 e. The van der Waals surface area contributed by atoms with Crippen molar-refractivity contribution in [3.63, 3.8) is 0 Å². The van der Waals surface area contributed by atoms with Crippen molar-refractivity contribution >= 4 is 85.5 Å². The third-order valence-electron chi connectivity index (χ3n) is 11.3. The third-order valence-corrected chi connectivity index (χ3v) is 11.3. The molecular formula is C54H38BN4. The molecule has 0 unspecified atom stereocenters. The van der Waals surface area contributed by atoms with Crippen LogP contribution in [0.1, 0.15) is 0 Å². The van der Waals surface area contributed by atoms with Crippen LogP contribution < -0.4 is 26.0 Å². The maximum absolute atomic E-state index is 3.85. The molecule has 0 amide bonds. The number of nitrogens with zero attached hydrogens (tertiary/aromatic N) is 3. The molecule has 59 heavy (non-hydrogen) atoms. The van der Waals surface area contributed by atoms with Gasteiger partial charge in [-0.05, 0) is 108 Å². The average molecular weight is 754 g/mol. The summed E-state index contributed by atoms with van der Waals surface area (Å²) in [5, 5.41) is 6.35. The van der Waals surface area contributed by atoms with E-state index >= 15 is 0 Å². The minimum atomic E-state index is 1.01. The Bertz CT molecular complexity index is 3020. The predicted octanol–water partition coefficient (Wildman–Crippen LogP) is 13.1. The average Bonchev–Trinajstić information content (AvgIpc) is 3.65. The summed E-state index contributed by atoms with van der Waals surface area (Å²) in [6.45, 7) is 0. The van der Waals surface area contributed by atoms with Crippen molar-refractivity contribution in [1.29, 1.82) is 0 Å². The van der Waals surface area contributed by atoms with Crippen LogP contribution in [0.3, 0.4) is 0 Å². The highest BCUT2D eigenvalue weighted by molar-refractivity contribution is 6.73. The van der Waals surface area contributed by atoms with E-state index in [9.17, 15) is 0 Å². The zero-order valence-electron chi connectivity index (χ0n) is 32.3. The molecule has 0 fully saturated rings. The van der Waals surface area contributed by atoms with Gasteiger partial charge in [0.15, 0.2) is 7.28 Å². The van der Waals surface area contributed by atoms with E-state index in [4.69, 9.17) is 0 Å². The van der Waals surface area contributed by atoms with E-state index in [1.54, 1.807) is 0 Å². The molecule has 0 atom stereocenters. The van der Waals surface area contributed by atoms with Crippen molar-refractivity contribution in [3.8, 4) is 16.8 Å². The van der Waals surface area contributed by atoms with Gasteiger partial charge in [-0.1, -0.05) is 133 Å². The molecule has 0 saturated carbocycles. The van der Waals surface area contributed by atoms with Gasteiger partial charge in [0.2, 0.25) is 0 Å². The molecule has 1 radical (unpaired) electrons. The van der Waals surface area contributed by atoms with Crippen LogP contribution >= 0.6 is 0 Å². The smallest absolute Gasteiger partial charge is 0.197 e. The van der Waals surface area contributed by atoms with E-state index in [0.29, 0.717) is 0 Å². The molecule has 2 heterocycles. The number of hydrogen-bond donors (Lipinski definition) is 1. The van der Waals surface area contributed by atoms with Gasteiger partial charge < -0.3 is 19.7 Å². The number of rotatable bonds is 9. The van der Waals surface area contributed by atoms with Gasteiger partial charge in [-0.3, -0.25) is 0 Å². The maximum Gasteiger partial charge on any atom is 0.197 e. The molecule has 277 valence electrons. The molecular weight excluding hydrogens is 715 g/mol. The molecule has 4 nitrogen and oxygen atoms in total. The first kappa shape index (κ1) is 34.5. The molecule has 1 aliphatic heterocycles. The summed E-state index contributed by atoms with van der Waals surface area (Å²) in [5.74, 6) is 0. The molecule has 0 bridgehead atoms. The largest absolute Gasteiger partial charge is 0.355 e. The van der Waals surface area contributed by atoms with Gasteiger partial charge in [-0.15, -0.1) is 0 Å². The third kappa shape index (κ3) is 6.12. The molecule has 0 spiro atoms. The Morgan fingerprint density at radius 3 is 1.51 bits per heavy atom. The van der Waals surface area contributed by atoms with E-state index in [0.717, 1.165) is 67.8 Å². The zero-order chi connectivity index (χ0) is 39.1. The van der Waals surface area contributed by atoms with Crippen molar-refractivity contribution in [1.82, 2.24) is 4.57 Å². The normalized spacial score (nSPS) is 11.5. The summed E-state index contributed by atoms with van der Waals surface area (Å²) in [5.41, 5.74) is 16.6. The fourth-order valence-corrected chi connectivity index (χ4v) is 8.76. The van der Waals surface area contributed by atoms with Gasteiger partial charge in [0.1, 0.15) is 0 Å². The number of benzene rings is 9. The lowest BCUT2D eigenvalue weighted by Gasteiger charge is -2.31. The summed E-state index contributed by atoms with van der Waals surface area (Å²) in [6.07, 6.45) is 0. The molecule has 1 N–H and O–H groups in total. The highest BCUT2D eigenvalue weighted by Gasteiger charge is 2.29. The van der Waals surface area contributed by atoms with Crippen LogP contribution in [0, 0.1) is 0 Å². The van der Waals surface area contributed by atoms with Crippen molar-refractivity contribution in [2.75, 3.05) is 15.1 Å². The van der Waals surface area contributed by atoms with E-state index < -0.39 is 0 Å². The molecule has 9 aromatic carbocycles. The van der Waals surface area contributed by atoms with Crippen molar-refractivity contribution < 1.29 is 0 Å². The SMILES string of the molecule is [B]1c2c(-c3cc(N(c4ccccc4)c4ccccc4)ccc3Nc3ccccc3)cc(N(c3ccccc3)c3ccccc3)cc2-n2c3ccccc3c3cccc1c32. The Morgan fingerprint density at radius 2 is 0.898 bits per heavy atom. The number of para-hydroxylation sites is 7. The fraction of sp³-hybridized carbons (Fsp3) is 0. The van der Waals surface area contributed by atoms with Crippen molar-refractivity contribution in [2.24, 2.45) is 0 Å². The summed E-state index contributed by atoms with van der Waals surface area (Å²) in [7, 11) is 2.40. The molecule has 0 aliphatic carbocycles. The Labute approximate surface area is 345 Å². The Balaban J connectivity index is 1.24. The van der Waals surface area contributed by atoms with Gasteiger partial charge in [-0.25, -0.2) is 0 Å². The quantitative estimate of drug-likeness (QED) is 0.149. The Kier molecular flexibility index (Phi) is 8.56. The van der Waals surface area contributed by atoms with E-state index in [1.807, 2.05) is 0 Å². The highest BCUT2D eigenvalue weighted by atomic mass is 15.2. The molecule has 11 rings (SSSR count). The number of nitrogens with one attached hydrogen (secondary N) is 1. The lowest BCUT2D eigenvalue weighted by atomic mass is 9.59. The Morgan fingerprint density at radius 1 is 0.390 bits per heavy atom. The standard InChI is InChI=1S/C54H38BN4/c1-6-19-38(20-7-1)56-50-34-33-43(57(39-21-8-2-9-22-39)40-23-10-3-11-24-40)35-47(50)48-36-44(58(41-25-12-4-13-26-41)42-27-14-5-15-28-42)37-52-53(48)55-49-31-18-30-46-45-29-16-17-32-51(45)59(52)54(46)49/h1-37,56H. The van der Waals surface area contributed by atoms with Gasteiger partial charge in [0.05, 0.1) is 5.52 Å². The first-order chi connectivity index (χ1) is 29.3. The molecule has 1 aromatic heterocycles. The molecule has 10 aromatic rings. The van der Waals surface area contributed by atoms with Gasteiger partial charge in [0, 0.05) is 73.0 Å². The van der Waals surface area contributed by atoms with Crippen LogP contribution in [-0.2, 0) is 0 Å². The lowest BCUT2D eigenvalue weighted by molar-refractivity contribution is 1.18. The minimum absolute atomic E-state index is 1.01. The topological polar surface area (TPSA) is 23.4 Å². The summed E-state index contributed by atoms with van der Waals surface area (Å²) in [4.78, 5) is 4.72. The lowest BCUT2D eigenvalue weighted by Crippen LogP contribution is -2.37. The van der Waals surface area contributed by atoms with Crippen LogP contribution in [0.4, 0.5) is 45.5 Å². The number of anilines is 8. The van der Waals surface area contributed by atoms with E-state index in [-0.39, 0.29) is 0 Å². The van der Waals surface area contributed by atoms with Crippen LogP contribution in [0.25, 0.3) is 38.6 Å². The van der Waals surface area contributed by atoms with Crippen molar-refractivity contribution in [3.05, 3.63) is 224 Å². The van der Waals surface area contributed by atoms with E-state index in [2.05, 4.69) is 251 Å². The Hall–Kier alpha value is -7.76. The van der Waals surface area contributed by atoms with Gasteiger partial charge in [0.25, 0.3) is 0 Å². The van der Waals surface area contributed by atoms with E-state index in [1.165, 1.54) is 27.3 Å². The molecule has 5 heteroatoms. The summed E-state index contributed by atoms with van der Waals surface area (Å²) < 4.78 is 2.49. The monoisotopic (exact) mass is 753 g/mol. The second-order valence-corrected chi connectivity index (χ2v) is 14.9. The second kappa shape index (κ2) is 14.6. The summed E-state index contributed by atoms with van der Waals surface area (Å²) >= 11 is 0. The first-order valence-electron chi connectivity index (χ1n) is 20.1. The van der Waals surface area contributed by atoms with Crippen molar-refractivity contribution in [2.45, 2.75) is 0 Å². The number of aromatic nitrogens is 1.